The molecular formula is C15H25Br. The SMILES string of the molecule is C#CCCCC(C)(C)C1CCC(C)CC1Br. The molecular weight excluding hydrogens is 260 g/mol. The Balaban J connectivity index is 2.50. The third-order valence-corrected chi connectivity index (χ3v) is 5.19. The van der Waals surface area contributed by atoms with Crippen LogP contribution >= 0.6 is 15.9 Å². The van der Waals surface area contributed by atoms with Crippen molar-refractivity contribution in [1.29, 1.82) is 0 Å². The highest BCUT2D eigenvalue weighted by atomic mass is 79.9. The third kappa shape index (κ3) is 3.81. The van der Waals surface area contributed by atoms with Crippen molar-refractivity contribution >= 4 is 15.9 Å². The lowest BCUT2D eigenvalue weighted by molar-refractivity contribution is 0.134. The molecule has 0 aromatic heterocycles. The van der Waals surface area contributed by atoms with Crippen LogP contribution in [-0.4, -0.2) is 4.83 Å². The monoisotopic (exact) mass is 284 g/mol. The summed E-state index contributed by atoms with van der Waals surface area (Å²) >= 11 is 3.90. The van der Waals surface area contributed by atoms with Gasteiger partial charge in [0.25, 0.3) is 0 Å². The highest BCUT2D eigenvalue weighted by Gasteiger charge is 2.37. The van der Waals surface area contributed by atoms with Crippen LogP contribution in [0, 0.1) is 29.6 Å². The molecule has 0 bridgehead atoms. The van der Waals surface area contributed by atoms with Crippen molar-refractivity contribution in [2.45, 2.75) is 64.1 Å². The maximum absolute atomic E-state index is 5.32. The van der Waals surface area contributed by atoms with Crippen LogP contribution in [-0.2, 0) is 0 Å². The van der Waals surface area contributed by atoms with E-state index in [1.165, 1.54) is 32.1 Å². The van der Waals surface area contributed by atoms with Gasteiger partial charge in [-0.1, -0.05) is 43.1 Å². The fourth-order valence-corrected chi connectivity index (χ4v) is 4.64. The number of unbranched alkanes of at least 4 members (excludes halogenated alkanes) is 1. The summed E-state index contributed by atoms with van der Waals surface area (Å²) in [7, 11) is 0. The van der Waals surface area contributed by atoms with Crippen LogP contribution in [0.3, 0.4) is 0 Å². The Morgan fingerprint density at radius 1 is 1.38 bits per heavy atom. The molecule has 0 aromatic rings. The van der Waals surface area contributed by atoms with Crippen molar-refractivity contribution in [2.75, 3.05) is 0 Å². The van der Waals surface area contributed by atoms with E-state index in [4.69, 9.17) is 6.42 Å². The maximum Gasteiger partial charge on any atom is 0.0181 e. The first-order valence-electron chi connectivity index (χ1n) is 6.55. The van der Waals surface area contributed by atoms with Gasteiger partial charge in [-0.15, -0.1) is 12.3 Å². The summed E-state index contributed by atoms with van der Waals surface area (Å²) < 4.78 is 0. The molecule has 16 heavy (non-hydrogen) atoms. The van der Waals surface area contributed by atoms with Gasteiger partial charge in [0.1, 0.15) is 0 Å². The molecule has 3 atom stereocenters. The van der Waals surface area contributed by atoms with Gasteiger partial charge in [-0.05, 0) is 42.9 Å². The average molecular weight is 285 g/mol. The zero-order valence-corrected chi connectivity index (χ0v) is 12.5. The van der Waals surface area contributed by atoms with Gasteiger partial charge in [0.15, 0.2) is 0 Å². The minimum Gasteiger partial charge on any atom is -0.120 e. The van der Waals surface area contributed by atoms with Gasteiger partial charge in [0, 0.05) is 11.2 Å². The standard InChI is InChI=1S/C15H25Br/c1-5-6-7-10-15(3,4)13-9-8-12(2)11-14(13)16/h1,12-14H,6-11H2,2-4H3. The van der Waals surface area contributed by atoms with Crippen LogP contribution < -0.4 is 0 Å². The summed E-state index contributed by atoms with van der Waals surface area (Å²) in [6.07, 6.45) is 12.8. The first-order valence-corrected chi connectivity index (χ1v) is 7.46. The molecule has 1 heteroatoms. The van der Waals surface area contributed by atoms with Crippen LogP contribution in [0.5, 0.6) is 0 Å². The summed E-state index contributed by atoms with van der Waals surface area (Å²) in [5.41, 5.74) is 0.436. The van der Waals surface area contributed by atoms with Gasteiger partial charge in [0.05, 0.1) is 0 Å². The number of halogens is 1. The first-order chi connectivity index (χ1) is 7.47. The second-order valence-electron chi connectivity index (χ2n) is 6.09. The summed E-state index contributed by atoms with van der Waals surface area (Å²) in [5, 5.41) is 0. The quantitative estimate of drug-likeness (QED) is 0.386. The Labute approximate surface area is 110 Å². The Hall–Kier alpha value is 0.0400. The minimum absolute atomic E-state index is 0.436. The molecule has 0 spiro atoms. The number of alkyl halides is 1. The predicted octanol–water partition coefficient (Wildman–Crippen LogP) is 5.02. The molecule has 0 heterocycles. The van der Waals surface area contributed by atoms with Crippen molar-refractivity contribution in [3.63, 3.8) is 0 Å². The number of terminal acetylenes is 1. The van der Waals surface area contributed by atoms with Gasteiger partial charge < -0.3 is 0 Å². The Bertz CT molecular complexity index is 249. The van der Waals surface area contributed by atoms with Crippen molar-refractivity contribution in [2.24, 2.45) is 17.3 Å². The van der Waals surface area contributed by atoms with E-state index in [2.05, 4.69) is 42.6 Å². The van der Waals surface area contributed by atoms with E-state index >= 15 is 0 Å². The minimum atomic E-state index is 0.436. The van der Waals surface area contributed by atoms with Gasteiger partial charge in [-0.2, -0.15) is 0 Å². The lowest BCUT2D eigenvalue weighted by Crippen LogP contribution is -2.35. The molecule has 92 valence electrons. The molecule has 1 aliphatic rings. The Morgan fingerprint density at radius 2 is 2.06 bits per heavy atom. The number of hydrogen-bond donors (Lipinski definition) is 0. The third-order valence-electron chi connectivity index (χ3n) is 4.18. The maximum atomic E-state index is 5.32. The van der Waals surface area contributed by atoms with E-state index in [1.54, 1.807) is 0 Å². The number of hydrogen-bond acceptors (Lipinski definition) is 0. The number of rotatable bonds is 4. The molecule has 1 aliphatic carbocycles. The summed E-state index contributed by atoms with van der Waals surface area (Å²) in [6.45, 7) is 7.20. The smallest absolute Gasteiger partial charge is 0.0181 e. The molecule has 0 saturated heterocycles. The van der Waals surface area contributed by atoms with Crippen molar-refractivity contribution in [3.8, 4) is 12.3 Å². The predicted molar refractivity (Wildman–Crippen MR) is 75.7 cm³/mol. The Morgan fingerprint density at radius 3 is 2.62 bits per heavy atom. The lowest BCUT2D eigenvalue weighted by atomic mass is 9.67. The molecule has 0 aromatic carbocycles. The molecule has 1 fully saturated rings. The second-order valence-corrected chi connectivity index (χ2v) is 7.26. The molecule has 0 aliphatic heterocycles. The first kappa shape index (κ1) is 14.1. The highest BCUT2D eigenvalue weighted by Crippen LogP contribution is 2.45. The van der Waals surface area contributed by atoms with Crippen LogP contribution in [0.2, 0.25) is 0 Å². The van der Waals surface area contributed by atoms with Crippen molar-refractivity contribution in [1.82, 2.24) is 0 Å². The van der Waals surface area contributed by atoms with E-state index in [0.717, 1.165) is 18.3 Å². The molecule has 0 nitrogen and oxygen atoms in total. The highest BCUT2D eigenvalue weighted by molar-refractivity contribution is 9.09. The molecule has 0 amide bonds. The lowest BCUT2D eigenvalue weighted by Gasteiger charge is -2.42. The van der Waals surface area contributed by atoms with Gasteiger partial charge >= 0.3 is 0 Å². The van der Waals surface area contributed by atoms with Crippen molar-refractivity contribution < 1.29 is 0 Å². The second kappa shape index (κ2) is 6.10. The van der Waals surface area contributed by atoms with Gasteiger partial charge in [0.2, 0.25) is 0 Å². The van der Waals surface area contributed by atoms with E-state index in [-0.39, 0.29) is 0 Å². The van der Waals surface area contributed by atoms with Crippen molar-refractivity contribution in [3.05, 3.63) is 0 Å². The van der Waals surface area contributed by atoms with Gasteiger partial charge in [-0.25, -0.2) is 0 Å². The van der Waals surface area contributed by atoms with Crippen LogP contribution in [0.25, 0.3) is 0 Å². The fraction of sp³-hybridized carbons (Fsp3) is 0.867. The van der Waals surface area contributed by atoms with Gasteiger partial charge in [-0.3, -0.25) is 0 Å². The molecule has 0 radical (unpaired) electrons. The van der Waals surface area contributed by atoms with E-state index < -0.39 is 0 Å². The van der Waals surface area contributed by atoms with E-state index in [9.17, 15) is 0 Å². The normalized spacial score (nSPS) is 31.1. The molecule has 0 N–H and O–H groups in total. The largest absolute Gasteiger partial charge is 0.120 e. The fourth-order valence-electron chi connectivity index (χ4n) is 3.02. The van der Waals surface area contributed by atoms with Crippen LogP contribution in [0.1, 0.15) is 59.3 Å². The molecule has 1 rings (SSSR count). The summed E-state index contributed by atoms with van der Waals surface area (Å²) in [4.78, 5) is 0.706. The average Bonchev–Trinajstić information content (AvgIpc) is 2.17. The Kier molecular flexibility index (Phi) is 5.38. The van der Waals surface area contributed by atoms with Crippen LogP contribution in [0.4, 0.5) is 0 Å². The zero-order chi connectivity index (χ0) is 12.2. The zero-order valence-electron chi connectivity index (χ0n) is 10.9. The summed E-state index contributed by atoms with van der Waals surface area (Å²) in [6, 6.07) is 0. The molecule has 3 unspecified atom stereocenters. The van der Waals surface area contributed by atoms with E-state index in [1.807, 2.05) is 0 Å². The van der Waals surface area contributed by atoms with E-state index in [0.29, 0.717) is 10.2 Å². The van der Waals surface area contributed by atoms with Crippen LogP contribution in [0.15, 0.2) is 0 Å². The summed E-state index contributed by atoms with van der Waals surface area (Å²) in [5.74, 6) is 4.46. The topological polar surface area (TPSA) is 0 Å². The molecule has 1 saturated carbocycles.